The number of carbonyl (C=O) groups excluding carboxylic acids is 1. The van der Waals surface area contributed by atoms with E-state index in [0.717, 1.165) is 29.7 Å². The van der Waals surface area contributed by atoms with Gasteiger partial charge in [0.05, 0.1) is 15.5 Å². The molecule has 0 fully saturated rings. The van der Waals surface area contributed by atoms with Crippen LogP contribution in [0.1, 0.15) is 21.7 Å². The van der Waals surface area contributed by atoms with E-state index in [-0.39, 0.29) is 15.6 Å². The molecule has 0 atom stereocenters. The predicted molar refractivity (Wildman–Crippen MR) is 98.1 cm³/mol. The van der Waals surface area contributed by atoms with Crippen LogP contribution in [0.5, 0.6) is 0 Å². The highest BCUT2D eigenvalue weighted by Crippen LogP contribution is 2.33. The lowest BCUT2D eigenvalue weighted by atomic mass is 10.0. The standard InChI is InChI=1S/C17H15N3O4S2/c21-17(18-16-7-9-24-19-16)15-10-13(11-25-15)26(22,23)20-8-3-5-12-4-1-2-6-14(12)20/h1-2,4,6-7,9-11H,3,5,8H2,(H,18,19,21). The van der Waals surface area contributed by atoms with Crippen molar-refractivity contribution in [2.24, 2.45) is 0 Å². The number of nitrogens with zero attached hydrogens (tertiary/aromatic N) is 2. The summed E-state index contributed by atoms with van der Waals surface area (Å²) in [6, 6.07) is 10.4. The molecule has 1 N–H and O–H groups in total. The van der Waals surface area contributed by atoms with Gasteiger partial charge in [-0.3, -0.25) is 9.10 Å². The van der Waals surface area contributed by atoms with E-state index in [2.05, 4.69) is 15.0 Å². The lowest BCUT2D eigenvalue weighted by Gasteiger charge is -2.30. The van der Waals surface area contributed by atoms with Crippen molar-refractivity contribution in [3.63, 3.8) is 0 Å². The summed E-state index contributed by atoms with van der Waals surface area (Å²) < 4.78 is 32.2. The van der Waals surface area contributed by atoms with Gasteiger partial charge in [0.15, 0.2) is 5.82 Å². The molecule has 9 heteroatoms. The van der Waals surface area contributed by atoms with Crippen LogP contribution in [0.25, 0.3) is 0 Å². The minimum atomic E-state index is -3.72. The number of hydrogen-bond acceptors (Lipinski definition) is 6. The van der Waals surface area contributed by atoms with Crippen molar-refractivity contribution in [1.29, 1.82) is 0 Å². The zero-order valence-corrected chi connectivity index (χ0v) is 15.2. The Kier molecular flexibility index (Phi) is 4.25. The van der Waals surface area contributed by atoms with Crippen LogP contribution < -0.4 is 9.62 Å². The third kappa shape index (κ3) is 2.99. The third-order valence-corrected chi connectivity index (χ3v) is 7.00. The molecule has 0 saturated heterocycles. The van der Waals surface area contributed by atoms with Gasteiger partial charge in [0.2, 0.25) is 0 Å². The van der Waals surface area contributed by atoms with Gasteiger partial charge in [0.1, 0.15) is 6.26 Å². The highest BCUT2D eigenvalue weighted by Gasteiger charge is 2.30. The lowest BCUT2D eigenvalue weighted by Crippen LogP contribution is -2.35. The van der Waals surface area contributed by atoms with Crippen molar-refractivity contribution in [1.82, 2.24) is 5.16 Å². The van der Waals surface area contributed by atoms with Crippen molar-refractivity contribution < 1.29 is 17.7 Å². The normalized spacial score (nSPS) is 14.1. The molecule has 1 amide bonds. The summed E-state index contributed by atoms with van der Waals surface area (Å²) in [5, 5.41) is 7.65. The van der Waals surface area contributed by atoms with Crippen molar-refractivity contribution in [3.8, 4) is 0 Å². The maximum Gasteiger partial charge on any atom is 0.267 e. The number of anilines is 2. The summed E-state index contributed by atoms with van der Waals surface area (Å²) in [4.78, 5) is 12.6. The topological polar surface area (TPSA) is 92.5 Å². The van der Waals surface area contributed by atoms with Gasteiger partial charge in [-0.05, 0) is 30.5 Å². The van der Waals surface area contributed by atoms with Crippen molar-refractivity contribution >= 4 is 38.8 Å². The minimum Gasteiger partial charge on any atom is -0.363 e. The Balaban J connectivity index is 1.62. The van der Waals surface area contributed by atoms with Gasteiger partial charge in [-0.15, -0.1) is 11.3 Å². The summed E-state index contributed by atoms with van der Waals surface area (Å²) in [6.45, 7) is 0.426. The molecule has 26 heavy (non-hydrogen) atoms. The first kappa shape index (κ1) is 16.8. The Labute approximate surface area is 154 Å². The van der Waals surface area contributed by atoms with E-state index in [1.165, 1.54) is 28.1 Å². The number of aromatic nitrogens is 1. The van der Waals surface area contributed by atoms with E-state index < -0.39 is 15.9 Å². The summed E-state index contributed by atoms with van der Waals surface area (Å²) >= 11 is 1.08. The van der Waals surface area contributed by atoms with E-state index in [1.54, 1.807) is 0 Å². The molecule has 3 heterocycles. The number of carbonyl (C=O) groups is 1. The zero-order valence-electron chi connectivity index (χ0n) is 13.6. The first-order valence-corrected chi connectivity index (χ1v) is 10.3. The number of fused-ring (bicyclic) bond motifs is 1. The number of hydrogen-bond donors (Lipinski definition) is 1. The molecule has 4 rings (SSSR count). The highest BCUT2D eigenvalue weighted by atomic mass is 32.2. The van der Waals surface area contributed by atoms with E-state index in [9.17, 15) is 13.2 Å². The van der Waals surface area contributed by atoms with Crippen LogP contribution in [0.3, 0.4) is 0 Å². The van der Waals surface area contributed by atoms with E-state index in [1.807, 2.05) is 24.3 Å². The lowest BCUT2D eigenvalue weighted by molar-refractivity contribution is 0.102. The average Bonchev–Trinajstić information content (AvgIpc) is 3.33. The summed E-state index contributed by atoms with van der Waals surface area (Å²) in [5.74, 6) is -0.151. The SMILES string of the molecule is O=C(Nc1ccon1)c1cc(S(=O)(=O)N2CCCc3ccccc32)cs1. The van der Waals surface area contributed by atoms with E-state index in [0.29, 0.717) is 12.2 Å². The maximum absolute atomic E-state index is 13.1. The number of aryl methyl sites for hydroxylation is 1. The van der Waals surface area contributed by atoms with Crippen LogP contribution in [0.4, 0.5) is 11.5 Å². The molecule has 1 aliphatic heterocycles. The monoisotopic (exact) mass is 389 g/mol. The molecule has 0 spiro atoms. The summed E-state index contributed by atoms with van der Waals surface area (Å²) in [6.07, 6.45) is 2.96. The van der Waals surface area contributed by atoms with E-state index in [4.69, 9.17) is 0 Å². The molecule has 0 unspecified atom stereocenters. The fourth-order valence-corrected chi connectivity index (χ4v) is 5.60. The largest absolute Gasteiger partial charge is 0.363 e. The van der Waals surface area contributed by atoms with Crippen LogP contribution in [0.2, 0.25) is 0 Å². The van der Waals surface area contributed by atoms with Gasteiger partial charge >= 0.3 is 0 Å². The Bertz CT molecular complexity index is 1040. The molecule has 0 radical (unpaired) electrons. The van der Waals surface area contributed by atoms with Gasteiger partial charge in [-0.25, -0.2) is 8.42 Å². The fraction of sp³-hybridized carbons (Fsp3) is 0.176. The molecule has 134 valence electrons. The molecule has 0 bridgehead atoms. The minimum absolute atomic E-state index is 0.115. The van der Waals surface area contributed by atoms with Crippen molar-refractivity contribution in [3.05, 3.63) is 58.5 Å². The Morgan fingerprint density at radius 1 is 1.27 bits per heavy atom. The molecule has 0 saturated carbocycles. The predicted octanol–water partition coefficient (Wildman–Crippen LogP) is 3.13. The third-order valence-electron chi connectivity index (χ3n) is 4.13. The molecule has 3 aromatic rings. The Morgan fingerprint density at radius 2 is 2.12 bits per heavy atom. The van der Waals surface area contributed by atoms with Gasteiger partial charge < -0.3 is 9.84 Å². The second-order valence-corrected chi connectivity index (χ2v) is 8.57. The van der Waals surface area contributed by atoms with Crippen LogP contribution in [0.15, 0.2) is 57.5 Å². The van der Waals surface area contributed by atoms with Crippen LogP contribution in [0, 0.1) is 0 Å². The Hall–Kier alpha value is -2.65. The first-order valence-electron chi connectivity index (χ1n) is 7.96. The van der Waals surface area contributed by atoms with Gasteiger partial charge in [0.25, 0.3) is 15.9 Å². The number of para-hydroxylation sites is 1. The number of thiophene rings is 1. The second-order valence-electron chi connectivity index (χ2n) is 5.79. The molecule has 0 aliphatic carbocycles. The maximum atomic E-state index is 13.1. The summed E-state index contributed by atoms with van der Waals surface area (Å²) in [7, 11) is -3.72. The molecular formula is C17H15N3O4S2. The number of nitrogens with one attached hydrogen (secondary N) is 1. The molecule has 1 aromatic carbocycles. The Morgan fingerprint density at radius 3 is 2.92 bits per heavy atom. The second kappa shape index (κ2) is 6.58. The zero-order chi connectivity index (χ0) is 18.1. The fourth-order valence-electron chi connectivity index (χ4n) is 2.90. The number of amides is 1. The van der Waals surface area contributed by atoms with Gasteiger partial charge in [0, 0.05) is 18.0 Å². The van der Waals surface area contributed by atoms with Crippen molar-refractivity contribution in [2.75, 3.05) is 16.2 Å². The van der Waals surface area contributed by atoms with Gasteiger partial charge in [-0.2, -0.15) is 0 Å². The van der Waals surface area contributed by atoms with Gasteiger partial charge in [-0.1, -0.05) is 23.4 Å². The van der Waals surface area contributed by atoms with Crippen LogP contribution in [-0.2, 0) is 16.4 Å². The average molecular weight is 389 g/mol. The summed E-state index contributed by atoms with van der Waals surface area (Å²) in [5.41, 5.74) is 1.72. The smallest absolute Gasteiger partial charge is 0.267 e. The highest BCUT2D eigenvalue weighted by molar-refractivity contribution is 7.93. The number of sulfonamides is 1. The quantitative estimate of drug-likeness (QED) is 0.740. The molecule has 2 aromatic heterocycles. The first-order chi connectivity index (χ1) is 12.6. The van der Waals surface area contributed by atoms with Crippen LogP contribution >= 0.6 is 11.3 Å². The molecule has 7 nitrogen and oxygen atoms in total. The number of benzene rings is 1. The van der Waals surface area contributed by atoms with E-state index >= 15 is 0 Å². The van der Waals surface area contributed by atoms with Crippen molar-refractivity contribution in [2.45, 2.75) is 17.7 Å². The molecular weight excluding hydrogens is 374 g/mol. The van der Waals surface area contributed by atoms with Crippen LogP contribution in [-0.4, -0.2) is 26.0 Å². The molecule has 1 aliphatic rings. The number of rotatable bonds is 4.